The summed E-state index contributed by atoms with van der Waals surface area (Å²) in [5.41, 5.74) is 0.162. The third-order valence-corrected chi connectivity index (χ3v) is 2.48. The fraction of sp³-hybridized carbons (Fsp3) is 0.0667. The van der Waals surface area contributed by atoms with Crippen molar-refractivity contribution in [3.63, 3.8) is 0 Å². The van der Waals surface area contributed by atoms with Crippen molar-refractivity contribution in [2.24, 2.45) is 0 Å². The fourth-order valence-electron chi connectivity index (χ4n) is 1.58. The molecule has 1 heterocycles. The molecule has 2 aromatic rings. The summed E-state index contributed by atoms with van der Waals surface area (Å²) in [6.07, 6.45) is 0. The van der Waals surface area contributed by atoms with Crippen molar-refractivity contribution in [2.45, 2.75) is 0 Å². The molecule has 2 rings (SSSR count). The molecule has 6 heteroatoms. The van der Waals surface area contributed by atoms with Gasteiger partial charge in [0.25, 0.3) is 5.91 Å². The van der Waals surface area contributed by atoms with Gasteiger partial charge in [-0.05, 0) is 30.2 Å². The molecule has 0 radical (unpaired) electrons. The SMILES string of the molecule is O=C(Nc1cccc(C#CCO)n1)c1ccc(O)cc1F. The molecule has 1 aromatic carbocycles. The highest BCUT2D eigenvalue weighted by molar-refractivity contribution is 6.04. The van der Waals surface area contributed by atoms with E-state index in [-0.39, 0.29) is 23.7 Å². The molecule has 0 spiro atoms. The van der Waals surface area contributed by atoms with Crippen molar-refractivity contribution in [2.75, 3.05) is 11.9 Å². The first-order valence-corrected chi connectivity index (χ1v) is 5.97. The molecule has 3 N–H and O–H groups in total. The lowest BCUT2D eigenvalue weighted by molar-refractivity contribution is 0.102. The number of anilines is 1. The molecule has 0 aliphatic rings. The second kappa shape index (κ2) is 6.50. The first kappa shape index (κ1) is 14.5. The number of hydrogen-bond acceptors (Lipinski definition) is 4. The predicted molar refractivity (Wildman–Crippen MR) is 74.2 cm³/mol. The Morgan fingerprint density at radius 3 is 2.86 bits per heavy atom. The average Bonchev–Trinajstić information content (AvgIpc) is 2.45. The number of aliphatic hydroxyl groups is 1. The number of nitrogens with one attached hydrogen (secondary N) is 1. The topological polar surface area (TPSA) is 82.5 Å². The van der Waals surface area contributed by atoms with Crippen LogP contribution in [0.1, 0.15) is 16.1 Å². The summed E-state index contributed by atoms with van der Waals surface area (Å²) >= 11 is 0. The lowest BCUT2D eigenvalue weighted by Crippen LogP contribution is -2.14. The first-order chi connectivity index (χ1) is 10.1. The number of aromatic nitrogens is 1. The van der Waals surface area contributed by atoms with Gasteiger partial charge in [0.05, 0.1) is 5.56 Å². The molecule has 5 nitrogen and oxygen atoms in total. The lowest BCUT2D eigenvalue weighted by Gasteiger charge is -2.06. The van der Waals surface area contributed by atoms with E-state index in [0.29, 0.717) is 5.69 Å². The maximum absolute atomic E-state index is 13.6. The second-order valence-corrected chi connectivity index (χ2v) is 3.99. The van der Waals surface area contributed by atoms with Gasteiger partial charge in [-0.25, -0.2) is 9.37 Å². The van der Waals surface area contributed by atoms with E-state index in [1.165, 1.54) is 18.2 Å². The number of carbonyl (C=O) groups excluding carboxylic acids is 1. The monoisotopic (exact) mass is 286 g/mol. The van der Waals surface area contributed by atoms with Gasteiger partial charge in [-0.3, -0.25) is 4.79 Å². The highest BCUT2D eigenvalue weighted by Crippen LogP contribution is 2.16. The molecule has 0 atom stereocenters. The minimum absolute atomic E-state index is 0.206. The third kappa shape index (κ3) is 3.78. The number of hydrogen-bond donors (Lipinski definition) is 3. The van der Waals surface area contributed by atoms with E-state index >= 15 is 0 Å². The van der Waals surface area contributed by atoms with E-state index in [1.807, 2.05) is 0 Å². The van der Waals surface area contributed by atoms with Crippen LogP contribution in [0.3, 0.4) is 0 Å². The Morgan fingerprint density at radius 1 is 1.33 bits per heavy atom. The number of amides is 1. The maximum atomic E-state index is 13.6. The number of benzene rings is 1. The van der Waals surface area contributed by atoms with Crippen LogP contribution in [-0.2, 0) is 0 Å². The number of phenols is 1. The number of phenolic OH excluding ortho intramolecular Hbond substituents is 1. The quantitative estimate of drug-likeness (QED) is 0.731. The summed E-state index contributed by atoms with van der Waals surface area (Å²) in [4.78, 5) is 16.0. The summed E-state index contributed by atoms with van der Waals surface area (Å²) in [6, 6.07) is 8.01. The zero-order valence-corrected chi connectivity index (χ0v) is 10.8. The minimum Gasteiger partial charge on any atom is -0.508 e. The van der Waals surface area contributed by atoms with Gasteiger partial charge >= 0.3 is 0 Å². The molecule has 1 amide bonds. The van der Waals surface area contributed by atoms with E-state index in [1.54, 1.807) is 12.1 Å². The lowest BCUT2D eigenvalue weighted by atomic mass is 10.2. The maximum Gasteiger partial charge on any atom is 0.259 e. The number of nitrogens with zero attached hydrogens (tertiary/aromatic N) is 1. The number of rotatable bonds is 2. The Balaban J connectivity index is 2.19. The Bertz CT molecular complexity index is 735. The Labute approximate surface area is 120 Å². The molecule has 1 aromatic heterocycles. The fourth-order valence-corrected chi connectivity index (χ4v) is 1.58. The standard InChI is InChI=1S/C15H11FN2O3/c16-13-9-11(20)6-7-12(13)15(21)18-14-5-1-3-10(17-14)4-2-8-19/h1,3,5-7,9,19-20H,8H2,(H,17,18,21). The molecule has 0 unspecified atom stereocenters. The zero-order valence-electron chi connectivity index (χ0n) is 10.8. The van der Waals surface area contributed by atoms with Gasteiger partial charge in [0.1, 0.15) is 29.7 Å². The van der Waals surface area contributed by atoms with Crippen molar-refractivity contribution >= 4 is 11.7 Å². The van der Waals surface area contributed by atoms with Crippen molar-refractivity contribution < 1.29 is 19.4 Å². The predicted octanol–water partition coefficient (Wildman–Crippen LogP) is 1.52. The molecule has 0 aliphatic heterocycles. The molecule has 0 bridgehead atoms. The molecule has 0 fully saturated rings. The third-order valence-electron chi connectivity index (χ3n) is 2.48. The van der Waals surface area contributed by atoms with Crippen LogP contribution in [0, 0.1) is 17.7 Å². The Kier molecular flexibility index (Phi) is 4.49. The highest BCUT2D eigenvalue weighted by atomic mass is 19.1. The van der Waals surface area contributed by atoms with Gasteiger partial charge in [-0.15, -0.1) is 0 Å². The number of halogens is 1. The number of pyridine rings is 1. The molecule has 0 saturated heterocycles. The summed E-state index contributed by atoms with van der Waals surface area (Å²) < 4.78 is 13.6. The molecule has 0 saturated carbocycles. The van der Waals surface area contributed by atoms with Crippen LogP contribution >= 0.6 is 0 Å². The summed E-state index contributed by atoms with van der Waals surface area (Å²) in [5, 5.41) is 20.2. The molecule has 0 aliphatic carbocycles. The van der Waals surface area contributed by atoms with Crippen LogP contribution in [0.2, 0.25) is 0 Å². The van der Waals surface area contributed by atoms with Crippen molar-refractivity contribution in [1.82, 2.24) is 4.98 Å². The number of aromatic hydroxyl groups is 1. The van der Waals surface area contributed by atoms with E-state index in [2.05, 4.69) is 22.1 Å². The molecule has 21 heavy (non-hydrogen) atoms. The van der Waals surface area contributed by atoms with Crippen LogP contribution in [-0.4, -0.2) is 27.7 Å². The summed E-state index contributed by atoms with van der Waals surface area (Å²) in [5.74, 6) is 3.46. The van der Waals surface area contributed by atoms with Gasteiger partial charge in [0, 0.05) is 6.07 Å². The van der Waals surface area contributed by atoms with E-state index in [4.69, 9.17) is 10.2 Å². The Morgan fingerprint density at radius 2 is 2.14 bits per heavy atom. The zero-order chi connectivity index (χ0) is 15.2. The molecular formula is C15H11FN2O3. The van der Waals surface area contributed by atoms with E-state index in [9.17, 15) is 9.18 Å². The number of aliphatic hydroxyl groups excluding tert-OH is 1. The molecule has 106 valence electrons. The van der Waals surface area contributed by atoms with Crippen molar-refractivity contribution in [3.8, 4) is 17.6 Å². The summed E-state index contributed by atoms with van der Waals surface area (Å²) in [7, 11) is 0. The van der Waals surface area contributed by atoms with Gasteiger partial charge in [0.2, 0.25) is 0 Å². The van der Waals surface area contributed by atoms with E-state index < -0.39 is 11.7 Å². The number of carbonyl (C=O) groups is 1. The second-order valence-electron chi connectivity index (χ2n) is 3.99. The van der Waals surface area contributed by atoms with Crippen LogP contribution in [0.4, 0.5) is 10.2 Å². The molecular weight excluding hydrogens is 275 g/mol. The normalized spacial score (nSPS) is 9.62. The minimum atomic E-state index is -0.830. The summed E-state index contributed by atoms with van der Waals surface area (Å²) in [6.45, 7) is -0.295. The largest absolute Gasteiger partial charge is 0.508 e. The van der Waals surface area contributed by atoms with Crippen LogP contribution in [0.15, 0.2) is 36.4 Å². The van der Waals surface area contributed by atoms with Crippen LogP contribution in [0.5, 0.6) is 5.75 Å². The van der Waals surface area contributed by atoms with Crippen LogP contribution in [0.25, 0.3) is 0 Å². The van der Waals surface area contributed by atoms with Crippen molar-refractivity contribution in [1.29, 1.82) is 0 Å². The first-order valence-electron chi connectivity index (χ1n) is 5.97. The van der Waals surface area contributed by atoms with Crippen LogP contribution < -0.4 is 5.32 Å². The van der Waals surface area contributed by atoms with E-state index in [0.717, 1.165) is 6.07 Å². The Hall–Kier alpha value is -2.91. The highest BCUT2D eigenvalue weighted by Gasteiger charge is 2.13. The average molecular weight is 286 g/mol. The van der Waals surface area contributed by atoms with Gasteiger partial charge < -0.3 is 15.5 Å². The van der Waals surface area contributed by atoms with Gasteiger partial charge in [0.15, 0.2) is 0 Å². The van der Waals surface area contributed by atoms with Gasteiger partial charge in [-0.1, -0.05) is 12.0 Å². The van der Waals surface area contributed by atoms with Crippen molar-refractivity contribution in [3.05, 3.63) is 53.5 Å². The van der Waals surface area contributed by atoms with Gasteiger partial charge in [-0.2, -0.15) is 0 Å². The smallest absolute Gasteiger partial charge is 0.259 e.